The number of aliphatic imine (C=N–C) groups is 1. The predicted octanol–water partition coefficient (Wildman–Crippen LogP) is 4.03. The van der Waals surface area contributed by atoms with Crippen molar-refractivity contribution in [1.29, 1.82) is 0 Å². The molecule has 1 amide bonds. The van der Waals surface area contributed by atoms with Crippen LogP contribution >= 0.6 is 24.0 Å². The second-order valence-corrected chi connectivity index (χ2v) is 10.7. The van der Waals surface area contributed by atoms with Crippen molar-refractivity contribution in [3.05, 3.63) is 0 Å². The normalized spacial score (nSPS) is 33.5. The van der Waals surface area contributed by atoms with Gasteiger partial charge in [0.15, 0.2) is 5.96 Å². The van der Waals surface area contributed by atoms with Gasteiger partial charge in [0.05, 0.1) is 12.6 Å². The Morgan fingerprint density at radius 1 is 1.19 bits per heavy atom. The van der Waals surface area contributed by atoms with Crippen LogP contribution in [0.5, 0.6) is 0 Å². The van der Waals surface area contributed by atoms with Gasteiger partial charge in [-0.15, -0.1) is 24.0 Å². The summed E-state index contributed by atoms with van der Waals surface area (Å²) in [5.41, 5.74) is -0.601. The van der Waals surface area contributed by atoms with E-state index in [1.807, 2.05) is 25.7 Å². The van der Waals surface area contributed by atoms with Gasteiger partial charge < -0.3 is 25.4 Å². The molecule has 3 aliphatic rings. The number of guanidine groups is 1. The highest BCUT2D eigenvalue weighted by molar-refractivity contribution is 14.0. The monoisotopic (exact) mass is 550 g/mol. The Kier molecular flexibility index (Phi) is 9.31. The van der Waals surface area contributed by atoms with Crippen molar-refractivity contribution in [1.82, 2.24) is 15.5 Å². The van der Waals surface area contributed by atoms with E-state index in [9.17, 15) is 9.90 Å². The third-order valence-corrected chi connectivity index (χ3v) is 6.90. The number of carbonyl (C=O) groups is 1. The molecule has 0 spiro atoms. The molecule has 31 heavy (non-hydrogen) atoms. The maximum absolute atomic E-state index is 12.7. The number of aliphatic hydroxyl groups excluding tert-OH is 1. The molecule has 0 aromatic carbocycles. The quantitative estimate of drug-likeness (QED) is 0.280. The molecule has 2 bridgehead atoms. The molecule has 4 atom stereocenters. The highest BCUT2D eigenvalue weighted by atomic mass is 127. The summed E-state index contributed by atoms with van der Waals surface area (Å²) in [4.78, 5) is 19.5. The number of hydrogen-bond donors (Lipinski definition) is 3. The fourth-order valence-corrected chi connectivity index (χ4v) is 5.25. The van der Waals surface area contributed by atoms with Crippen molar-refractivity contribution in [2.45, 2.75) is 116 Å². The van der Waals surface area contributed by atoms with Crippen molar-refractivity contribution in [3.8, 4) is 0 Å². The van der Waals surface area contributed by atoms with Crippen LogP contribution in [0.25, 0.3) is 0 Å². The lowest BCUT2D eigenvalue weighted by Gasteiger charge is -2.40. The van der Waals surface area contributed by atoms with E-state index in [2.05, 4.69) is 24.5 Å². The number of rotatable bonds is 4. The van der Waals surface area contributed by atoms with Gasteiger partial charge in [-0.3, -0.25) is 4.99 Å². The van der Waals surface area contributed by atoms with E-state index in [0.717, 1.165) is 57.5 Å². The number of ether oxygens (including phenoxy) is 1. The number of amides is 1. The van der Waals surface area contributed by atoms with E-state index < -0.39 is 5.60 Å². The number of nitrogens with one attached hydrogen (secondary N) is 2. The van der Waals surface area contributed by atoms with Crippen molar-refractivity contribution >= 4 is 36.0 Å². The molecule has 0 aromatic heterocycles. The molecule has 3 fully saturated rings. The first-order valence-electron chi connectivity index (χ1n) is 11.9. The number of aliphatic hydroxyl groups is 1. The number of piperidine rings is 1. The predicted molar refractivity (Wildman–Crippen MR) is 135 cm³/mol. The summed E-state index contributed by atoms with van der Waals surface area (Å²) >= 11 is 0. The highest BCUT2D eigenvalue weighted by Gasteiger charge is 2.45. The van der Waals surface area contributed by atoms with Gasteiger partial charge in [-0.2, -0.15) is 0 Å². The van der Waals surface area contributed by atoms with Crippen LogP contribution in [0.15, 0.2) is 4.99 Å². The van der Waals surface area contributed by atoms with Crippen molar-refractivity contribution in [3.63, 3.8) is 0 Å². The Morgan fingerprint density at radius 3 is 2.39 bits per heavy atom. The number of nitrogens with zero attached hydrogens (tertiary/aromatic N) is 2. The van der Waals surface area contributed by atoms with E-state index in [-0.39, 0.29) is 53.7 Å². The van der Waals surface area contributed by atoms with Crippen molar-refractivity contribution in [2.75, 3.05) is 13.1 Å². The van der Waals surface area contributed by atoms with Crippen LogP contribution in [-0.2, 0) is 4.74 Å². The highest BCUT2D eigenvalue weighted by Crippen LogP contribution is 2.38. The van der Waals surface area contributed by atoms with Gasteiger partial charge in [-0.1, -0.05) is 19.8 Å². The Bertz CT molecular complexity index is 625. The molecule has 0 radical (unpaired) electrons. The fourth-order valence-electron chi connectivity index (χ4n) is 5.25. The van der Waals surface area contributed by atoms with Gasteiger partial charge in [-0.05, 0) is 66.2 Å². The first kappa shape index (κ1) is 26.5. The Labute approximate surface area is 205 Å². The average molecular weight is 551 g/mol. The molecule has 180 valence electrons. The minimum absolute atomic E-state index is 0. The molecule has 3 N–H and O–H groups in total. The molecular weight excluding hydrogens is 507 g/mol. The molecule has 4 unspecified atom stereocenters. The summed E-state index contributed by atoms with van der Waals surface area (Å²) in [6.07, 6.45) is 7.65. The molecule has 1 aliphatic carbocycles. The molecule has 0 aromatic rings. The smallest absolute Gasteiger partial charge is 0.410 e. The summed E-state index contributed by atoms with van der Waals surface area (Å²) in [5, 5.41) is 17.5. The molecule has 8 heteroatoms. The molecule has 2 heterocycles. The van der Waals surface area contributed by atoms with Crippen LogP contribution in [0.1, 0.15) is 86.0 Å². The van der Waals surface area contributed by atoms with Crippen molar-refractivity contribution in [2.24, 2.45) is 10.4 Å². The van der Waals surface area contributed by atoms with Gasteiger partial charge in [0.25, 0.3) is 0 Å². The minimum Gasteiger partial charge on any atom is -0.444 e. The van der Waals surface area contributed by atoms with E-state index in [0.29, 0.717) is 12.6 Å². The van der Waals surface area contributed by atoms with Crippen LogP contribution in [-0.4, -0.2) is 65.0 Å². The lowest BCUT2D eigenvalue weighted by Crippen LogP contribution is -2.55. The standard InChI is InChI=1S/C23H42N4O3.HI/c1-6-24-20(25-15-23(5)12-8-7-9-19(23)28)26-16-13-17-10-11-18(14-16)27(17)21(29)30-22(2,3)4;/h16-19,28H,6-15H2,1-5H3,(H2,24,25,26);1H. The summed E-state index contributed by atoms with van der Waals surface area (Å²) in [7, 11) is 0. The molecule has 2 saturated heterocycles. The SMILES string of the molecule is CCNC(=NCC1(C)CCCCC1O)NC1CC2CCC(C1)N2C(=O)OC(C)(C)C.I. The molecule has 1 saturated carbocycles. The van der Waals surface area contributed by atoms with Gasteiger partial charge in [0, 0.05) is 30.1 Å². The van der Waals surface area contributed by atoms with Gasteiger partial charge >= 0.3 is 6.09 Å². The number of fused-ring (bicyclic) bond motifs is 2. The van der Waals surface area contributed by atoms with Gasteiger partial charge in [0.2, 0.25) is 0 Å². The minimum atomic E-state index is -0.462. The summed E-state index contributed by atoms with van der Waals surface area (Å²) in [5.74, 6) is 0.826. The van der Waals surface area contributed by atoms with Crippen LogP contribution in [0.2, 0.25) is 0 Å². The van der Waals surface area contributed by atoms with E-state index in [1.54, 1.807) is 0 Å². The van der Waals surface area contributed by atoms with Crippen LogP contribution < -0.4 is 10.6 Å². The van der Waals surface area contributed by atoms with Crippen LogP contribution in [0, 0.1) is 5.41 Å². The zero-order valence-corrected chi connectivity index (χ0v) is 22.3. The van der Waals surface area contributed by atoms with E-state index in [1.165, 1.54) is 6.42 Å². The Balaban J connectivity index is 0.00000341. The first-order valence-corrected chi connectivity index (χ1v) is 11.9. The lowest BCUT2D eigenvalue weighted by molar-refractivity contribution is 0.00535. The maximum Gasteiger partial charge on any atom is 0.410 e. The maximum atomic E-state index is 12.7. The largest absolute Gasteiger partial charge is 0.444 e. The van der Waals surface area contributed by atoms with E-state index >= 15 is 0 Å². The second-order valence-electron chi connectivity index (χ2n) is 10.7. The topological polar surface area (TPSA) is 86.2 Å². The van der Waals surface area contributed by atoms with Gasteiger partial charge in [0.1, 0.15) is 5.60 Å². The third kappa shape index (κ3) is 6.85. The van der Waals surface area contributed by atoms with E-state index in [4.69, 9.17) is 9.73 Å². The lowest BCUT2D eigenvalue weighted by atomic mass is 9.73. The summed E-state index contributed by atoms with van der Waals surface area (Å²) in [6.45, 7) is 11.4. The first-order chi connectivity index (χ1) is 14.1. The number of halogens is 1. The summed E-state index contributed by atoms with van der Waals surface area (Å²) in [6, 6.07) is 0.761. The molecule has 7 nitrogen and oxygen atoms in total. The Hall–Kier alpha value is -0.770. The number of carbonyl (C=O) groups excluding carboxylic acids is 1. The van der Waals surface area contributed by atoms with Crippen LogP contribution in [0.3, 0.4) is 0 Å². The fraction of sp³-hybridized carbons (Fsp3) is 0.913. The molecule has 2 aliphatic heterocycles. The molecule has 3 rings (SSSR count). The Morgan fingerprint density at radius 2 is 1.84 bits per heavy atom. The van der Waals surface area contributed by atoms with Gasteiger partial charge in [-0.25, -0.2) is 4.79 Å². The zero-order chi connectivity index (χ0) is 21.9. The average Bonchev–Trinajstić information content (AvgIpc) is 2.92. The summed E-state index contributed by atoms with van der Waals surface area (Å²) < 4.78 is 5.65. The number of hydrogen-bond acceptors (Lipinski definition) is 4. The second kappa shape index (κ2) is 10.9. The van der Waals surface area contributed by atoms with Crippen molar-refractivity contribution < 1.29 is 14.6 Å². The zero-order valence-electron chi connectivity index (χ0n) is 19.9. The third-order valence-electron chi connectivity index (χ3n) is 6.90. The van der Waals surface area contributed by atoms with Crippen LogP contribution in [0.4, 0.5) is 4.79 Å². The molecular formula is C23H43IN4O3.